The molecule has 0 unspecified atom stereocenters. The van der Waals surface area contributed by atoms with Gasteiger partial charge >= 0.3 is 5.97 Å². The lowest BCUT2D eigenvalue weighted by Crippen LogP contribution is -2.26. The quantitative estimate of drug-likeness (QED) is 0.862. The van der Waals surface area contributed by atoms with Crippen molar-refractivity contribution in [2.45, 2.75) is 19.9 Å². The first-order valence-electron chi connectivity index (χ1n) is 6.46. The molecule has 0 fully saturated rings. The van der Waals surface area contributed by atoms with E-state index in [0.29, 0.717) is 13.1 Å². The van der Waals surface area contributed by atoms with E-state index in [2.05, 4.69) is 16.1 Å². The molecule has 0 aliphatic heterocycles. The fourth-order valence-electron chi connectivity index (χ4n) is 2.22. The molecule has 1 N–H and O–H groups in total. The van der Waals surface area contributed by atoms with Gasteiger partial charge in [0, 0.05) is 25.5 Å². The van der Waals surface area contributed by atoms with Gasteiger partial charge in [0.15, 0.2) is 0 Å². The summed E-state index contributed by atoms with van der Waals surface area (Å²) < 4.78 is 1.87. The first-order valence-corrected chi connectivity index (χ1v) is 6.46. The highest BCUT2D eigenvalue weighted by atomic mass is 16.4. The molecule has 0 amide bonds. The van der Waals surface area contributed by atoms with Crippen LogP contribution in [0.2, 0.25) is 0 Å². The molecular formula is C14H19N3O2. The average Bonchev–Trinajstić information content (AvgIpc) is 2.72. The zero-order chi connectivity index (χ0) is 13.8. The van der Waals surface area contributed by atoms with E-state index in [1.165, 1.54) is 0 Å². The molecule has 1 aromatic heterocycles. The van der Waals surface area contributed by atoms with Crippen molar-refractivity contribution < 1.29 is 9.90 Å². The number of para-hydroxylation sites is 1. The Labute approximate surface area is 112 Å². The first kappa shape index (κ1) is 13.5. The summed E-state index contributed by atoms with van der Waals surface area (Å²) in [5.74, 6) is -0.760. The number of aliphatic carboxylic acids is 1. The molecule has 102 valence electrons. The van der Waals surface area contributed by atoms with Crippen molar-refractivity contribution in [3.8, 4) is 0 Å². The summed E-state index contributed by atoms with van der Waals surface area (Å²) in [5.41, 5.74) is 2.11. The third-order valence-corrected chi connectivity index (χ3v) is 3.30. The second kappa shape index (κ2) is 5.84. The van der Waals surface area contributed by atoms with Crippen LogP contribution in [0.3, 0.4) is 0 Å². The zero-order valence-electron chi connectivity index (χ0n) is 11.3. The molecule has 0 saturated carbocycles. The van der Waals surface area contributed by atoms with Gasteiger partial charge in [-0.25, -0.2) is 0 Å². The van der Waals surface area contributed by atoms with Crippen LogP contribution in [0.5, 0.6) is 0 Å². The van der Waals surface area contributed by atoms with Crippen molar-refractivity contribution in [3.05, 3.63) is 30.0 Å². The minimum atomic E-state index is -0.760. The topological polar surface area (TPSA) is 58.4 Å². The predicted molar refractivity (Wildman–Crippen MR) is 73.9 cm³/mol. The van der Waals surface area contributed by atoms with E-state index >= 15 is 0 Å². The summed E-state index contributed by atoms with van der Waals surface area (Å²) in [6.45, 7) is 4.09. The first-order chi connectivity index (χ1) is 9.11. The van der Waals surface area contributed by atoms with Gasteiger partial charge in [0.1, 0.15) is 0 Å². The van der Waals surface area contributed by atoms with Crippen molar-refractivity contribution in [1.29, 1.82) is 0 Å². The summed E-state index contributed by atoms with van der Waals surface area (Å²) in [5, 5.41) is 14.4. The maximum Gasteiger partial charge on any atom is 0.304 e. The number of hydrogen-bond donors (Lipinski definition) is 1. The number of carboxylic acid groups (broad SMARTS) is 1. The van der Waals surface area contributed by atoms with Gasteiger partial charge in [-0.1, -0.05) is 25.1 Å². The summed E-state index contributed by atoms with van der Waals surface area (Å²) in [4.78, 5) is 12.7. The fourth-order valence-corrected chi connectivity index (χ4v) is 2.22. The molecule has 5 nitrogen and oxygen atoms in total. The summed E-state index contributed by atoms with van der Waals surface area (Å²) in [7, 11) is 1.93. The number of carbonyl (C=O) groups is 1. The highest BCUT2D eigenvalue weighted by Crippen LogP contribution is 2.18. The average molecular weight is 261 g/mol. The Kier molecular flexibility index (Phi) is 4.16. The molecule has 0 bridgehead atoms. The molecule has 0 aliphatic rings. The molecule has 2 rings (SSSR count). The van der Waals surface area contributed by atoms with Gasteiger partial charge in [-0.3, -0.25) is 14.4 Å². The number of aryl methyl sites for hydroxylation is 1. The summed E-state index contributed by atoms with van der Waals surface area (Å²) >= 11 is 0. The number of benzene rings is 1. The van der Waals surface area contributed by atoms with Crippen molar-refractivity contribution in [3.63, 3.8) is 0 Å². The number of aromatic nitrogens is 2. The molecule has 0 saturated heterocycles. The third-order valence-electron chi connectivity index (χ3n) is 3.30. The van der Waals surface area contributed by atoms with Crippen molar-refractivity contribution >= 4 is 16.9 Å². The number of carboxylic acids is 1. The Balaban J connectivity index is 2.17. The van der Waals surface area contributed by atoms with E-state index in [4.69, 9.17) is 5.11 Å². The zero-order valence-corrected chi connectivity index (χ0v) is 11.3. The standard InChI is InChI=1S/C14H19N3O2/c1-3-17(9-8-14(18)19)10-12-11-6-4-5-7-13(11)16(2)15-12/h4-7H,3,8-10H2,1-2H3,(H,18,19). The normalized spacial score (nSPS) is 11.3. The minimum Gasteiger partial charge on any atom is -0.481 e. The highest BCUT2D eigenvalue weighted by molar-refractivity contribution is 5.81. The van der Waals surface area contributed by atoms with Crippen LogP contribution < -0.4 is 0 Å². The van der Waals surface area contributed by atoms with Crippen molar-refractivity contribution in [2.24, 2.45) is 7.05 Å². The van der Waals surface area contributed by atoms with Crippen molar-refractivity contribution in [1.82, 2.24) is 14.7 Å². The molecule has 0 radical (unpaired) electrons. The van der Waals surface area contributed by atoms with E-state index in [0.717, 1.165) is 23.1 Å². The maximum atomic E-state index is 10.6. The van der Waals surface area contributed by atoms with Crippen molar-refractivity contribution in [2.75, 3.05) is 13.1 Å². The SMILES string of the molecule is CCN(CCC(=O)O)Cc1nn(C)c2ccccc12. The van der Waals surface area contributed by atoms with Crippen LogP contribution in [-0.4, -0.2) is 38.8 Å². The summed E-state index contributed by atoms with van der Waals surface area (Å²) in [6.07, 6.45) is 0.165. The largest absolute Gasteiger partial charge is 0.481 e. The Hall–Kier alpha value is -1.88. The lowest BCUT2D eigenvalue weighted by molar-refractivity contribution is -0.137. The molecule has 1 heterocycles. The second-order valence-electron chi connectivity index (χ2n) is 4.60. The van der Waals surface area contributed by atoms with E-state index < -0.39 is 5.97 Å². The minimum absolute atomic E-state index is 0.165. The van der Waals surface area contributed by atoms with E-state index in [-0.39, 0.29) is 6.42 Å². The second-order valence-corrected chi connectivity index (χ2v) is 4.60. The van der Waals surface area contributed by atoms with Crippen LogP contribution in [-0.2, 0) is 18.4 Å². The Morgan fingerprint density at radius 3 is 2.84 bits per heavy atom. The van der Waals surface area contributed by atoms with Gasteiger partial charge in [0.05, 0.1) is 17.6 Å². The van der Waals surface area contributed by atoms with Gasteiger partial charge in [-0.05, 0) is 12.6 Å². The molecule has 1 aromatic carbocycles. The van der Waals surface area contributed by atoms with E-state index in [9.17, 15) is 4.79 Å². The number of fused-ring (bicyclic) bond motifs is 1. The molecule has 0 atom stereocenters. The fraction of sp³-hybridized carbons (Fsp3) is 0.429. The van der Waals surface area contributed by atoms with Gasteiger partial charge in [-0.2, -0.15) is 5.10 Å². The van der Waals surface area contributed by atoms with Crippen LogP contribution in [0.4, 0.5) is 0 Å². The predicted octanol–water partition coefficient (Wildman–Crippen LogP) is 1.87. The molecule has 2 aromatic rings. The lowest BCUT2D eigenvalue weighted by atomic mass is 10.2. The maximum absolute atomic E-state index is 10.6. The third kappa shape index (κ3) is 3.12. The molecular weight excluding hydrogens is 242 g/mol. The molecule has 0 aliphatic carbocycles. The monoisotopic (exact) mass is 261 g/mol. The van der Waals surface area contributed by atoms with Crippen LogP contribution in [0, 0.1) is 0 Å². The molecule has 0 spiro atoms. The van der Waals surface area contributed by atoms with E-state index in [1.807, 2.05) is 36.9 Å². The highest BCUT2D eigenvalue weighted by Gasteiger charge is 2.12. The van der Waals surface area contributed by atoms with Gasteiger partial charge in [-0.15, -0.1) is 0 Å². The van der Waals surface area contributed by atoms with Gasteiger partial charge in [0.2, 0.25) is 0 Å². The number of rotatable bonds is 6. The number of hydrogen-bond acceptors (Lipinski definition) is 3. The lowest BCUT2D eigenvalue weighted by Gasteiger charge is -2.18. The molecule has 5 heteroatoms. The van der Waals surface area contributed by atoms with Gasteiger partial charge in [0.25, 0.3) is 0 Å². The van der Waals surface area contributed by atoms with Crippen LogP contribution >= 0.6 is 0 Å². The summed E-state index contributed by atoms with van der Waals surface area (Å²) in [6, 6.07) is 8.10. The smallest absolute Gasteiger partial charge is 0.304 e. The number of nitrogens with zero attached hydrogens (tertiary/aromatic N) is 3. The molecule has 19 heavy (non-hydrogen) atoms. The van der Waals surface area contributed by atoms with Crippen LogP contribution in [0.25, 0.3) is 10.9 Å². The van der Waals surface area contributed by atoms with Gasteiger partial charge < -0.3 is 5.11 Å². The Morgan fingerprint density at radius 2 is 2.16 bits per heavy atom. The Bertz CT molecular complexity index is 577. The van der Waals surface area contributed by atoms with Crippen LogP contribution in [0.15, 0.2) is 24.3 Å². The van der Waals surface area contributed by atoms with E-state index in [1.54, 1.807) is 0 Å². The van der Waals surface area contributed by atoms with Crippen LogP contribution in [0.1, 0.15) is 19.0 Å². The Morgan fingerprint density at radius 1 is 1.42 bits per heavy atom.